The number of nitrogens with one attached hydrogen (secondary N) is 1. The molecule has 5 heteroatoms. The van der Waals surface area contributed by atoms with E-state index in [2.05, 4.69) is 5.32 Å². The molecule has 0 aliphatic heterocycles. The van der Waals surface area contributed by atoms with Crippen LogP contribution in [0.2, 0.25) is 5.02 Å². The quantitative estimate of drug-likeness (QED) is 0.835. The molecule has 4 nitrogen and oxygen atoms in total. The third-order valence-electron chi connectivity index (χ3n) is 2.94. The molecular formula is C16H17ClN2O2. The maximum Gasteiger partial charge on any atom is 0.251 e. The fourth-order valence-corrected chi connectivity index (χ4v) is 2.27. The molecule has 0 fully saturated rings. The summed E-state index contributed by atoms with van der Waals surface area (Å²) in [7, 11) is 1.65. The first-order valence-corrected chi connectivity index (χ1v) is 6.87. The summed E-state index contributed by atoms with van der Waals surface area (Å²) in [6.07, 6.45) is 0. The van der Waals surface area contributed by atoms with Crippen LogP contribution in [0.25, 0.3) is 0 Å². The molecule has 2 aromatic carbocycles. The minimum atomic E-state index is -0.207. The zero-order valence-corrected chi connectivity index (χ0v) is 12.5. The van der Waals surface area contributed by atoms with Crippen molar-refractivity contribution in [3.05, 3.63) is 64.2 Å². The molecule has 2 rings (SSSR count). The monoisotopic (exact) mass is 304 g/mol. The van der Waals surface area contributed by atoms with Crippen molar-refractivity contribution in [1.82, 2.24) is 5.32 Å². The molecule has 0 saturated heterocycles. The molecule has 0 radical (unpaired) electrons. The largest absolute Gasteiger partial charge is 0.399 e. The lowest BCUT2D eigenvalue weighted by Gasteiger charge is -2.08. The second-order valence-corrected chi connectivity index (χ2v) is 5.15. The van der Waals surface area contributed by atoms with Gasteiger partial charge in [-0.05, 0) is 29.3 Å². The summed E-state index contributed by atoms with van der Waals surface area (Å²) >= 11 is 5.89. The zero-order chi connectivity index (χ0) is 15.2. The lowest BCUT2D eigenvalue weighted by Crippen LogP contribution is -2.23. The molecule has 21 heavy (non-hydrogen) atoms. The van der Waals surface area contributed by atoms with Crippen LogP contribution in [0.1, 0.15) is 21.5 Å². The fraction of sp³-hybridized carbons (Fsp3) is 0.188. The number of anilines is 1. The normalized spacial score (nSPS) is 10.4. The van der Waals surface area contributed by atoms with E-state index in [1.54, 1.807) is 25.3 Å². The van der Waals surface area contributed by atoms with E-state index in [4.69, 9.17) is 22.1 Å². The minimum Gasteiger partial charge on any atom is -0.399 e. The standard InChI is InChI=1S/C16H17ClN2O2/c1-21-10-12-4-2-3-11(5-12)9-19-16(20)13-6-14(17)8-15(18)7-13/h2-8H,9-10,18H2,1H3,(H,19,20). The Balaban J connectivity index is 2.02. The highest BCUT2D eigenvalue weighted by atomic mass is 35.5. The lowest BCUT2D eigenvalue weighted by atomic mass is 10.1. The highest BCUT2D eigenvalue weighted by Crippen LogP contribution is 2.16. The number of hydrogen-bond acceptors (Lipinski definition) is 3. The van der Waals surface area contributed by atoms with Crippen molar-refractivity contribution in [2.24, 2.45) is 0 Å². The first-order chi connectivity index (χ1) is 10.1. The van der Waals surface area contributed by atoms with Gasteiger partial charge in [-0.3, -0.25) is 4.79 Å². The number of methoxy groups -OCH3 is 1. The number of ether oxygens (including phenoxy) is 1. The minimum absolute atomic E-state index is 0.207. The van der Waals surface area contributed by atoms with Crippen molar-refractivity contribution >= 4 is 23.2 Å². The Labute approximate surface area is 128 Å². The fourth-order valence-electron chi connectivity index (χ4n) is 2.02. The molecule has 0 saturated carbocycles. The van der Waals surface area contributed by atoms with Crippen molar-refractivity contribution in [2.45, 2.75) is 13.2 Å². The molecule has 0 aromatic heterocycles. The van der Waals surface area contributed by atoms with Crippen LogP contribution in [0, 0.1) is 0 Å². The van der Waals surface area contributed by atoms with Crippen molar-refractivity contribution < 1.29 is 9.53 Å². The van der Waals surface area contributed by atoms with E-state index >= 15 is 0 Å². The van der Waals surface area contributed by atoms with Gasteiger partial charge in [-0.15, -0.1) is 0 Å². The van der Waals surface area contributed by atoms with Crippen LogP contribution in [0.3, 0.4) is 0 Å². The van der Waals surface area contributed by atoms with Gasteiger partial charge >= 0.3 is 0 Å². The molecule has 0 heterocycles. The Hall–Kier alpha value is -2.04. The molecule has 1 amide bonds. The van der Waals surface area contributed by atoms with Crippen LogP contribution in [-0.2, 0) is 17.9 Å². The van der Waals surface area contributed by atoms with E-state index < -0.39 is 0 Å². The lowest BCUT2D eigenvalue weighted by molar-refractivity contribution is 0.0951. The number of nitrogens with two attached hydrogens (primary N) is 1. The van der Waals surface area contributed by atoms with Gasteiger partial charge in [-0.1, -0.05) is 35.9 Å². The maximum absolute atomic E-state index is 12.1. The number of benzene rings is 2. The second-order valence-electron chi connectivity index (χ2n) is 4.71. The van der Waals surface area contributed by atoms with E-state index in [1.807, 2.05) is 24.3 Å². The third kappa shape index (κ3) is 4.48. The molecule has 0 unspecified atom stereocenters. The van der Waals surface area contributed by atoms with Crippen LogP contribution in [-0.4, -0.2) is 13.0 Å². The molecule has 110 valence electrons. The van der Waals surface area contributed by atoms with Crippen LogP contribution >= 0.6 is 11.6 Å². The predicted molar refractivity (Wildman–Crippen MR) is 84.2 cm³/mol. The van der Waals surface area contributed by atoms with Gasteiger partial charge in [0, 0.05) is 29.9 Å². The molecule has 3 N–H and O–H groups in total. The van der Waals surface area contributed by atoms with Gasteiger partial charge in [0.2, 0.25) is 0 Å². The van der Waals surface area contributed by atoms with Crippen LogP contribution in [0.4, 0.5) is 5.69 Å². The Bertz CT molecular complexity index is 624. The van der Waals surface area contributed by atoms with E-state index in [0.717, 1.165) is 11.1 Å². The number of hydrogen-bond donors (Lipinski definition) is 2. The van der Waals surface area contributed by atoms with E-state index in [9.17, 15) is 4.79 Å². The summed E-state index contributed by atoms with van der Waals surface area (Å²) in [6, 6.07) is 12.7. The average Bonchev–Trinajstić information content (AvgIpc) is 2.44. The van der Waals surface area contributed by atoms with Gasteiger partial charge in [0.15, 0.2) is 0 Å². The number of halogens is 1. The highest BCUT2D eigenvalue weighted by Gasteiger charge is 2.07. The molecule has 0 atom stereocenters. The van der Waals surface area contributed by atoms with Crippen molar-refractivity contribution in [1.29, 1.82) is 0 Å². The maximum atomic E-state index is 12.1. The molecule has 0 bridgehead atoms. The smallest absolute Gasteiger partial charge is 0.251 e. The van der Waals surface area contributed by atoms with Crippen LogP contribution in [0.15, 0.2) is 42.5 Å². The van der Waals surface area contributed by atoms with Gasteiger partial charge in [0.1, 0.15) is 0 Å². The summed E-state index contributed by atoms with van der Waals surface area (Å²) < 4.78 is 5.09. The summed E-state index contributed by atoms with van der Waals surface area (Å²) in [6.45, 7) is 0.982. The van der Waals surface area contributed by atoms with Gasteiger partial charge in [0.25, 0.3) is 5.91 Å². The van der Waals surface area contributed by atoms with Gasteiger partial charge in [-0.25, -0.2) is 0 Å². The van der Waals surface area contributed by atoms with Gasteiger partial charge in [-0.2, -0.15) is 0 Å². The number of carbonyl (C=O) groups excluding carboxylic acids is 1. The number of amides is 1. The predicted octanol–water partition coefficient (Wildman–Crippen LogP) is 3.00. The van der Waals surface area contributed by atoms with Crippen molar-refractivity contribution in [2.75, 3.05) is 12.8 Å². The van der Waals surface area contributed by atoms with E-state index in [-0.39, 0.29) is 5.91 Å². The van der Waals surface area contributed by atoms with E-state index in [0.29, 0.717) is 29.4 Å². The summed E-state index contributed by atoms with van der Waals surface area (Å²) in [5.41, 5.74) is 8.67. The summed E-state index contributed by atoms with van der Waals surface area (Å²) in [4.78, 5) is 12.1. The first kappa shape index (κ1) is 15.4. The Kier molecular flexibility index (Phi) is 5.20. The van der Waals surface area contributed by atoms with E-state index in [1.165, 1.54) is 0 Å². The molecular weight excluding hydrogens is 288 g/mol. The molecule has 0 spiro atoms. The van der Waals surface area contributed by atoms with Gasteiger partial charge < -0.3 is 15.8 Å². The summed E-state index contributed by atoms with van der Waals surface area (Å²) in [5, 5.41) is 3.29. The van der Waals surface area contributed by atoms with Gasteiger partial charge in [0.05, 0.1) is 6.61 Å². The van der Waals surface area contributed by atoms with Crippen molar-refractivity contribution in [3.63, 3.8) is 0 Å². The molecule has 0 aliphatic carbocycles. The number of carbonyl (C=O) groups is 1. The van der Waals surface area contributed by atoms with Crippen LogP contribution in [0.5, 0.6) is 0 Å². The number of nitrogen functional groups attached to an aromatic ring is 1. The zero-order valence-electron chi connectivity index (χ0n) is 11.7. The summed E-state index contributed by atoms with van der Waals surface area (Å²) in [5.74, 6) is -0.207. The Morgan fingerprint density at radius 1 is 1.24 bits per heavy atom. The SMILES string of the molecule is COCc1cccc(CNC(=O)c2cc(N)cc(Cl)c2)c1. The second kappa shape index (κ2) is 7.11. The van der Waals surface area contributed by atoms with Crippen molar-refractivity contribution in [3.8, 4) is 0 Å². The topological polar surface area (TPSA) is 64.3 Å². The molecule has 2 aromatic rings. The molecule has 0 aliphatic rings. The number of rotatable bonds is 5. The Morgan fingerprint density at radius 2 is 2.00 bits per heavy atom. The highest BCUT2D eigenvalue weighted by molar-refractivity contribution is 6.31. The Morgan fingerprint density at radius 3 is 2.71 bits per heavy atom. The first-order valence-electron chi connectivity index (χ1n) is 6.49. The average molecular weight is 305 g/mol. The van der Waals surface area contributed by atoms with Crippen LogP contribution < -0.4 is 11.1 Å². The third-order valence-corrected chi connectivity index (χ3v) is 3.16.